The summed E-state index contributed by atoms with van der Waals surface area (Å²) in [5.41, 5.74) is 3.33. The smallest absolute Gasteiger partial charge is 0.234 e. The molecule has 1 aromatic carbocycles. The van der Waals surface area contributed by atoms with E-state index in [9.17, 15) is 4.79 Å². The summed E-state index contributed by atoms with van der Waals surface area (Å²) < 4.78 is 5.46. The van der Waals surface area contributed by atoms with Crippen molar-refractivity contribution in [3.63, 3.8) is 0 Å². The molecule has 1 aliphatic heterocycles. The Morgan fingerprint density at radius 1 is 1.33 bits per heavy atom. The van der Waals surface area contributed by atoms with Gasteiger partial charge in [-0.15, -0.1) is 11.6 Å². The molecule has 21 heavy (non-hydrogen) atoms. The van der Waals surface area contributed by atoms with E-state index in [-0.39, 0.29) is 11.3 Å². The van der Waals surface area contributed by atoms with Crippen LogP contribution in [-0.2, 0) is 16.6 Å². The van der Waals surface area contributed by atoms with Gasteiger partial charge in [-0.3, -0.25) is 4.79 Å². The van der Waals surface area contributed by atoms with Crippen LogP contribution >= 0.6 is 11.6 Å². The van der Waals surface area contributed by atoms with Crippen LogP contribution in [0.15, 0.2) is 34.9 Å². The number of rotatable bonds is 3. The zero-order chi connectivity index (χ0) is 15.2. The van der Waals surface area contributed by atoms with Crippen molar-refractivity contribution in [1.29, 1.82) is 0 Å². The topological polar surface area (TPSA) is 42.2 Å². The Bertz CT molecular complexity index is 703. The molecule has 1 aliphatic rings. The molecule has 4 heteroatoms. The second-order valence-corrected chi connectivity index (χ2v) is 6.34. The number of furan rings is 1. The van der Waals surface area contributed by atoms with Crippen LogP contribution in [-0.4, -0.2) is 5.91 Å². The van der Waals surface area contributed by atoms with Crippen LogP contribution in [0, 0.1) is 0 Å². The molecule has 0 saturated carbocycles. The van der Waals surface area contributed by atoms with Crippen molar-refractivity contribution >= 4 is 23.2 Å². The van der Waals surface area contributed by atoms with Crippen molar-refractivity contribution in [3.05, 3.63) is 53.0 Å². The maximum atomic E-state index is 12.0. The molecular weight excluding hydrogens is 286 g/mol. The van der Waals surface area contributed by atoms with Crippen LogP contribution < -0.4 is 5.32 Å². The lowest BCUT2D eigenvalue weighted by molar-refractivity contribution is -0.119. The Kier molecular flexibility index (Phi) is 3.33. The van der Waals surface area contributed by atoms with Crippen molar-refractivity contribution in [2.24, 2.45) is 0 Å². The minimum atomic E-state index is -0.522. The van der Waals surface area contributed by atoms with Crippen LogP contribution in [0.2, 0.25) is 0 Å². The molecule has 0 saturated heterocycles. The first kappa shape index (κ1) is 14.2. The largest absolute Gasteiger partial charge is 0.469 e. The molecule has 1 unspecified atom stereocenters. The maximum Gasteiger partial charge on any atom is 0.234 e. The van der Waals surface area contributed by atoms with E-state index in [1.165, 1.54) is 0 Å². The molecule has 0 bridgehead atoms. The van der Waals surface area contributed by atoms with Crippen LogP contribution in [0.25, 0.3) is 0 Å². The average molecular weight is 304 g/mol. The minimum absolute atomic E-state index is 0.0262. The highest BCUT2D eigenvalue weighted by Crippen LogP contribution is 2.41. The molecule has 1 aromatic heterocycles. The highest BCUT2D eigenvalue weighted by Gasteiger charge is 2.38. The highest BCUT2D eigenvalue weighted by atomic mass is 35.5. The summed E-state index contributed by atoms with van der Waals surface area (Å²) in [6.07, 6.45) is 2.48. The fourth-order valence-electron chi connectivity index (χ4n) is 2.79. The molecule has 110 valence electrons. The highest BCUT2D eigenvalue weighted by molar-refractivity contribution is 6.22. The van der Waals surface area contributed by atoms with Gasteiger partial charge >= 0.3 is 0 Å². The number of benzene rings is 1. The molecule has 1 atom stereocenters. The van der Waals surface area contributed by atoms with Gasteiger partial charge in [-0.05, 0) is 37.1 Å². The number of carbonyl (C=O) groups is 1. The summed E-state index contributed by atoms with van der Waals surface area (Å²) in [4.78, 5) is 12.0. The van der Waals surface area contributed by atoms with Gasteiger partial charge in [0.15, 0.2) is 0 Å². The van der Waals surface area contributed by atoms with Gasteiger partial charge in [-0.25, -0.2) is 0 Å². The molecule has 0 radical (unpaired) electrons. The fraction of sp³-hybridized carbons (Fsp3) is 0.353. The summed E-state index contributed by atoms with van der Waals surface area (Å²) in [6.45, 7) is 5.90. The molecule has 0 fully saturated rings. The zero-order valence-electron chi connectivity index (χ0n) is 12.4. The number of anilines is 1. The fourth-order valence-corrected chi connectivity index (χ4v) is 3.12. The third-order valence-electron chi connectivity index (χ3n) is 4.20. The van der Waals surface area contributed by atoms with E-state index in [4.69, 9.17) is 16.0 Å². The summed E-state index contributed by atoms with van der Waals surface area (Å²) in [7, 11) is 0. The average Bonchev–Trinajstić information content (AvgIpc) is 3.02. The van der Waals surface area contributed by atoms with Crippen LogP contribution in [0.5, 0.6) is 0 Å². The molecular formula is C17H18ClNO2. The van der Waals surface area contributed by atoms with E-state index in [2.05, 4.69) is 5.32 Å². The van der Waals surface area contributed by atoms with Gasteiger partial charge < -0.3 is 9.73 Å². The van der Waals surface area contributed by atoms with Gasteiger partial charge in [0.25, 0.3) is 0 Å². The normalized spacial score (nSPS) is 17.4. The predicted molar refractivity (Wildman–Crippen MR) is 83.9 cm³/mol. The number of carbonyl (C=O) groups excluding carboxylic acids is 1. The Labute approximate surface area is 129 Å². The molecule has 3 nitrogen and oxygen atoms in total. The first-order valence-electron chi connectivity index (χ1n) is 7.11. The van der Waals surface area contributed by atoms with Gasteiger partial charge in [0.1, 0.15) is 5.76 Å². The third kappa shape index (κ3) is 2.16. The number of halogens is 1. The third-order valence-corrected chi connectivity index (χ3v) is 4.69. The molecule has 1 amide bonds. The van der Waals surface area contributed by atoms with Crippen molar-refractivity contribution in [2.45, 2.75) is 38.0 Å². The standard InChI is InChI=1S/C17H18ClNO2/c1-4-14-11(7-8-21-14)15(18)10-5-6-13-12(9-10)17(2,3)16(20)19-13/h5-9,15H,4H2,1-3H3,(H,19,20). The summed E-state index contributed by atoms with van der Waals surface area (Å²) in [5, 5.41) is 2.64. The van der Waals surface area contributed by atoms with Crippen LogP contribution in [0.1, 0.15) is 48.6 Å². The summed E-state index contributed by atoms with van der Waals surface area (Å²) in [5.74, 6) is 0.933. The lowest BCUT2D eigenvalue weighted by atomic mass is 9.85. The van der Waals surface area contributed by atoms with Crippen LogP contribution in [0.3, 0.4) is 0 Å². The number of alkyl halides is 1. The van der Waals surface area contributed by atoms with E-state index >= 15 is 0 Å². The second-order valence-electron chi connectivity index (χ2n) is 5.90. The summed E-state index contributed by atoms with van der Waals surface area (Å²) in [6, 6.07) is 7.83. The van der Waals surface area contributed by atoms with Crippen molar-refractivity contribution < 1.29 is 9.21 Å². The van der Waals surface area contributed by atoms with Crippen molar-refractivity contribution in [2.75, 3.05) is 5.32 Å². The number of hydrogen-bond donors (Lipinski definition) is 1. The van der Waals surface area contributed by atoms with Gasteiger partial charge in [0.2, 0.25) is 5.91 Å². The SMILES string of the molecule is CCc1occc1C(Cl)c1ccc2c(c1)C(C)(C)C(=O)N2. The number of aryl methyl sites for hydroxylation is 1. The number of nitrogens with one attached hydrogen (secondary N) is 1. The number of fused-ring (bicyclic) bond motifs is 1. The molecule has 2 heterocycles. The first-order valence-corrected chi connectivity index (χ1v) is 7.55. The van der Waals surface area contributed by atoms with E-state index in [1.54, 1.807) is 6.26 Å². The van der Waals surface area contributed by atoms with Gasteiger partial charge in [-0.1, -0.05) is 19.1 Å². The van der Waals surface area contributed by atoms with E-state index in [1.807, 2.05) is 45.0 Å². The van der Waals surface area contributed by atoms with E-state index < -0.39 is 5.41 Å². The second kappa shape index (κ2) is 4.92. The molecule has 0 spiro atoms. The minimum Gasteiger partial charge on any atom is -0.469 e. The van der Waals surface area contributed by atoms with Gasteiger partial charge in [-0.2, -0.15) is 0 Å². The van der Waals surface area contributed by atoms with E-state index in [0.29, 0.717) is 0 Å². The molecule has 0 aliphatic carbocycles. The lowest BCUT2D eigenvalue weighted by Crippen LogP contribution is -2.26. The molecule has 1 N–H and O–H groups in total. The lowest BCUT2D eigenvalue weighted by Gasteiger charge is -2.17. The predicted octanol–water partition coefficient (Wildman–Crippen LogP) is 4.40. The molecule has 3 rings (SSSR count). The Morgan fingerprint density at radius 3 is 2.81 bits per heavy atom. The Morgan fingerprint density at radius 2 is 2.10 bits per heavy atom. The van der Waals surface area contributed by atoms with Gasteiger partial charge in [0, 0.05) is 17.7 Å². The van der Waals surface area contributed by atoms with Gasteiger partial charge in [0.05, 0.1) is 17.1 Å². The van der Waals surface area contributed by atoms with Crippen molar-refractivity contribution in [1.82, 2.24) is 0 Å². The Hall–Kier alpha value is -1.74. The zero-order valence-corrected chi connectivity index (χ0v) is 13.1. The number of amides is 1. The first-order chi connectivity index (χ1) is 9.95. The van der Waals surface area contributed by atoms with Crippen LogP contribution in [0.4, 0.5) is 5.69 Å². The van der Waals surface area contributed by atoms with E-state index in [0.717, 1.165) is 34.6 Å². The van der Waals surface area contributed by atoms with Crippen molar-refractivity contribution in [3.8, 4) is 0 Å². The number of hydrogen-bond acceptors (Lipinski definition) is 2. The molecule has 2 aromatic rings. The maximum absolute atomic E-state index is 12.0. The quantitative estimate of drug-likeness (QED) is 0.854. The summed E-state index contributed by atoms with van der Waals surface area (Å²) >= 11 is 6.62. The monoisotopic (exact) mass is 303 g/mol. The Balaban J connectivity index is 2.02.